The fourth-order valence-electron chi connectivity index (χ4n) is 2.97. The summed E-state index contributed by atoms with van der Waals surface area (Å²) < 4.78 is 6.45. The molecule has 0 bridgehead atoms. The van der Waals surface area contributed by atoms with Gasteiger partial charge in [0.25, 0.3) is 0 Å². The van der Waals surface area contributed by atoms with Crippen LogP contribution in [0.25, 0.3) is 0 Å². The van der Waals surface area contributed by atoms with Crippen LogP contribution in [0.2, 0.25) is 0 Å². The maximum absolute atomic E-state index is 10.9. The maximum Gasteiger partial charge on any atom is 0.122 e. The summed E-state index contributed by atoms with van der Waals surface area (Å²) in [6, 6.07) is 5.98. The first-order valence-electron chi connectivity index (χ1n) is 7.33. The number of halogens is 1. The normalized spacial score (nSPS) is 24.4. The molecule has 0 spiro atoms. The van der Waals surface area contributed by atoms with Crippen molar-refractivity contribution in [2.24, 2.45) is 0 Å². The maximum atomic E-state index is 10.9. The molecule has 1 atom stereocenters. The summed E-state index contributed by atoms with van der Waals surface area (Å²) in [5, 5.41) is 10.9. The van der Waals surface area contributed by atoms with E-state index in [2.05, 4.69) is 33.8 Å². The van der Waals surface area contributed by atoms with Crippen molar-refractivity contribution in [2.45, 2.75) is 38.2 Å². The Hall–Kier alpha value is -0.580. The van der Waals surface area contributed by atoms with Gasteiger partial charge in [-0.25, -0.2) is 0 Å². The Balaban J connectivity index is 2.13. The highest BCUT2D eigenvalue weighted by atomic mass is 79.9. The van der Waals surface area contributed by atoms with Crippen LogP contribution in [-0.4, -0.2) is 42.4 Å². The molecule has 1 aromatic rings. The van der Waals surface area contributed by atoms with Crippen LogP contribution in [0.15, 0.2) is 22.7 Å². The van der Waals surface area contributed by atoms with Crippen molar-refractivity contribution in [3.8, 4) is 5.75 Å². The van der Waals surface area contributed by atoms with Gasteiger partial charge >= 0.3 is 0 Å². The molecule has 1 heterocycles. The van der Waals surface area contributed by atoms with E-state index in [1.807, 2.05) is 12.1 Å². The molecule has 20 heavy (non-hydrogen) atoms. The minimum atomic E-state index is -0.613. The second-order valence-corrected chi connectivity index (χ2v) is 6.56. The smallest absolute Gasteiger partial charge is 0.122 e. The molecule has 0 aromatic heterocycles. The van der Waals surface area contributed by atoms with Gasteiger partial charge in [-0.05, 0) is 56.1 Å². The van der Waals surface area contributed by atoms with Crippen LogP contribution in [0.1, 0.15) is 31.7 Å². The Bertz CT molecular complexity index is 452. The zero-order valence-electron chi connectivity index (χ0n) is 12.4. The van der Waals surface area contributed by atoms with Crippen LogP contribution in [0.3, 0.4) is 0 Å². The number of benzene rings is 1. The van der Waals surface area contributed by atoms with Gasteiger partial charge in [0.15, 0.2) is 0 Å². The van der Waals surface area contributed by atoms with Crippen molar-refractivity contribution in [3.63, 3.8) is 0 Å². The second-order valence-electron chi connectivity index (χ2n) is 5.65. The lowest BCUT2D eigenvalue weighted by Gasteiger charge is -2.27. The molecule has 0 aliphatic carbocycles. The average molecular weight is 342 g/mol. The lowest BCUT2D eigenvalue weighted by atomic mass is 9.87. The number of hydrogen-bond donors (Lipinski definition) is 1. The highest BCUT2D eigenvalue weighted by Gasteiger charge is 2.31. The highest BCUT2D eigenvalue weighted by molar-refractivity contribution is 9.10. The quantitative estimate of drug-likeness (QED) is 0.912. The van der Waals surface area contributed by atoms with Gasteiger partial charge in [0.05, 0.1) is 12.7 Å². The molecule has 1 aromatic carbocycles. The monoisotopic (exact) mass is 341 g/mol. The van der Waals surface area contributed by atoms with E-state index in [1.165, 1.54) is 0 Å². The van der Waals surface area contributed by atoms with Crippen LogP contribution < -0.4 is 4.74 Å². The Labute approximate surface area is 130 Å². The van der Waals surface area contributed by atoms with Crippen LogP contribution in [0.4, 0.5) is 0 Å². The summed E-state index contributed by atoms with van der Waals surface area (Å²) >= 11 is 3.50. The predicted octanol–water partition coefficient (Wildman–Crippen LogP) is 3.24. The van der Waals surface area contributed by atoms with Crippen LogP contribution in [0.5, 0.6) is 5.75 Å². The number of hydrogen-bond acceptors (Lipinski definition) is 3. The molecule has 0 amide bonds. The summed E-state index contributed by atoms with van der Waals surface area (Å²) in [6.45, 7) is 5.32. The molecule has 0 radical (unpaired) electrons. The molecule has 2 rings (SSSR count). The third-order valence-corrected chi connectivity index (χ3v) is 4.71. The second kappa shape index (κ2) is 6.92. The van der Waals surface area contributed by atoms with Crippen molar-refractivity contribution in [1.82, 2.24) is 4.90 Å². The van der Waals surface area contributed by atoms with Gasteiger partial charge in [0.1, 0.15) is 5.75 Å². The summed E-state index contributed by atoms with van der Waals surface area (Å²) in [5.74, 6) is 0.859. The standard InChI is InChI=1S/C16H24BrNO2/c1-3-18-9-4-7-16(19,8-10-18)12-13-11-14(17)5-6-15(13)20-2/h5-6,11,19H,3-4,7-10,12H2,1-2H3. The van der Waals surface area contributed by atoms with Crippen molar-refractivity contribution in [2.75, 3.05) is 26.7 Å². The van der Waals surface area contributed by atoms with Crippen LogP contribution in [-0.2, 0) is 6.42 Å². The number of methoxy groups -OCH3 is 1. The molecule has 1 N–H and O–H groups in total. The number of ether oxygens (including phenoxy) is 1. The number of aliphatic hydroxyl groups is 1. The van der Waals surface area contributed by atoms with Crippen molar-refractivity contribution in [1.29, 1.82) is 0 Å². The summed E-state index contributed by atoms with van der Waals surface area (Å²) in [4.78, 5) is 2.41. The molecule has 1 unspecified atom stereocenters. The van der Waals surface area contributed by atoms with Crippen LogP contribution in [0, 0.1) is 0 Å². The van der Waals surface area contributed by atoms with E-state index in [-0.39, 0.29) is 0 Å². The molecule has 4 heteroatoms. The fourth-order valence-corrected chi connectivity index (χ4v) is 3.38. The zero-order valence-corrected chi connectivity index (χ0v) is 13.9. The Kier molecular flexibility index (Phi) is 5.47. The molecule has 1 saturated heterocycles. The first-order chi connectivity index (χ1) is 9.56. The van der Waals surface area contributed by atoms with E-state index in [0.29, 0.717) is 6.42 Å². The average Bonchev–Trinajstić information content (AvgIpc) is 2.61. The zero-order chi connectivity index (χ0) is 14.6. The van der Waals surface area contributed by atoms with E-state index < -0.39 is 5.60 Å². The molecule has 1 fully saturated rings. The summed E-state index contributed by atoms with van der Waals surface area (Å²) in [5.41, 5.74) is 0.465. The Morgan fingerprint density at radius 3 is 2.85 bits per heavy atom. The highest BCUT2D eigenvalue weighted by Crippen LogP contribution is 2.31. The number of likely N-dealkylation sites (tertiary alicyclic amines) is 1. The minimum absolute atomic E-state index is 0.613. The largest absolute Gasteiger partial charge is 0.496 e. The Morgan fingerprint density at radius 1 is 1.35 bits per heavy atom. The lowest BCUT2D eigenvalue weighted by molar-refractivity contribution is 0.0253. The SMILES string of the molecule is CCN1CCCC(O)(Cc2cc(Br)ccc2OC)CC1. The lowest BCUT2D eigenvalue weighted by Crippen LogP contribution is -2.33. The molecular weight excluding hydrogens is 318 g/mol. The molecular formula is C16H24BrNO2. The van der Waals surface area contributed by atoms with Gasteiger partial charge in [-0.3, -0.25) is 0 Å². The fraction of sp³-hybridized carbons (Fsp3) is 0.625. The molecule has 3 nitrogen and oxygen atoms in total. The van der Waals surface area contributed by atoms with E-state index >= 15 is 0 Å². The van der Waals surface area contributed by atoms with Crippen molar-refractivity contribution in [3.05, 3.63) is 28.2 Å². The van der Waals surface area contributed by atoms with E-state index in [0.717, 1.165) is 54.7 Å². The minimum Gasteiger partial charge on any atom is -0.496 e. The van der Waals surface area contributed by atoms with E-state index in [1.54, 1.807) is 7.11 Å². The van der Waals surface area contributed by atoms with E-state index in [4.69, 9.17) is 4.74 Å². The first-order valence-corrected chi connectivity index (χ1v) is 8.13. The number of nitrogens with zero attached hydrogens (tertiary/aromatic N) is 1. The topological polar surface area (TPSA) is 32.7 Å². The third-order valence-electron chi connectivity index (χ3n) is 4.22. The molecule has 112 valence electrons. The third kappa shape index (κ3) is 3.96. The van der Waals surface area contributed by atoms with Crippen molar-refractivity contribution < 1.29 is 9.84 Å². The van der Waals surface area contributed by atoms with Crippen molar-refractivity contribution >= 4 is 15.9 Å². The van der Waals surface area contributed by atoms with Gasteiger partial charge in [0.2, 0.25) is 0 Å². The Morgan fingerprint density at radius 2 is 2.15 bits per heavy atom. The predicted molar refractivity (Wildman–Crippen MR) is 85.3 cm³/mol. The molecule has 0 saturated carbocycles. The summed E-state index contributed by atoms with van der Waals surface area (Å²) in [6.07, 6.45) is 3.41. The van der Waals surface area contributed by atoms with Gasteiger partial charge < -0.3 is 14.7 Å². The molecule has 1 aliphatic heterocycles. The van der Waals surface area contributed by atoms with E-state index in [9.17, 15) is 5.11 Å². The van der Waals surface area contributed by atoms with Gasteiger partial charge in [-0.15, -0.1) is 0 Å². The van der Waals surface area contributed by atoms with Gasteiger partial charge in [-0.2, -0.15) is 0 Å². The number of rotatable bonds is 4. The summed E-state index contributed by atoms with van der Waals surface area (Å²) in [7, 11) is 1.68. The van der Waals surface area contributed by atoms with Gasteiger partial charge in [0, 0.05) is 17.4 Å². The first kappa shape index (κ1) is 15.8. The molecule has 1 aliphatic rings. The van der Waals surface area contributed by atoms with Crippen LogP contribution >= 0.6 is 15.9 Å². The van der Waals surface area contributed by atoms with Gasteiger partial charge in [-0.1, -0.05) is 22.9 Å².